The summed E-state index contributed by atoms with van der Waals surface area (Å²) in [7, 11) is -1.67. The molecule has 1 heterocycles. The summed E-state index contributed by atoms with van der Waals surface area (Å²) in [4.78, 5) is 16.4. The van der Waals surface area contributed by atoms with Gasteiger partial charge in [-0.2, -0.15) is 4.72 Å². The Labute approximate surface area is 132 Å². The number of nitrogens with one attached hydrogen (secondary N) is 1. The van der Waals surface area contributed by atoms with Crippen molar-refractivity contribution in [1.29, 1.82) is 0 Å². The first-order valence-corrected chi connectivity index (χ1v) is 8.84. The Morgan fingerprint density at radius 3 is 2.23 bits per heavy atom. The van der Waals surface area contributed by atoms with Crippen LogP contribution in [-0.4, -0.2) is 63.4 Å². The van der Waals surface area contributed by atoms with Crippen molar-refractivity contribution >= 4 is 15.9 Å². The molecule has 0 bridgehead atoms. The molecule has 122 valence electrons. The molecular weight excluding hydrogens is 302 g/mol. The van der Waals surface area contributed by atoms with Crippen molar-refractivity contribution in [2.75, 3.05) is 33.2 Å². The van der Waals surface area contributed by atoms with Gasteiger partial charge in [-0.05, 0) is 33.0 Å². The predicted octanol–water partition coefficient (Wildman–Crippen LogP) is 0.436. The third kappa shape index (κ3) is 4.06. The van der Waals surface area contributed by atoms with Crippen molar-refractivity contribution < 1.29 is 13.2 Å². The van der Waals surface area contributed by atoms with Crippen molar-refractivity contribution in [2.45, 2.75) is 24.8 Å². The molecule has 1 amide bonds. The maximum absolute atomic E-state index is 12.3. The van der Waals surface area contributed by atoms with Crippen LogP contribution in [0.15, 0.2) is 29.2 Å². The van der Waals surface area contributed by atoms with Gasteiger partial charge in [0.2, 0.25) is 15.9 Å². The van der Waals surface area contributed by atoms with Crippen molar-refractivity contribution in [1.82, 2.24) is 14.5 Å². The van der Waals surface area contributed by atoms with Gasteiger partial charge in [0.25, 0.3) is 0 Å². The minimum absolute atomic E-state index is 0.177. The van der Waals surface area contributed by atoms with Gasteiger partial charge < -0.3 is 9.80 Å². The number of rotatable bonds is 4. The second-order valence-electron chi connectivity index (χ2n) is 5.78. The van der Waals surface area contributed by atoms with Gasteiger partial charge in [0.1, 0.15) is 0 Å². The number of carbonyl (C=O) groups is 1. The molecule has 0 radical (unpaired) electrons. The molecule has 1 aliphatic rings. The van der Waals surface area contributed by atoms with Gasteiger partial charge in [0.05, 0.1) is 10.9 Å². The van der Waals surface area contributed by atoms with Crippen LogP contribution in [0.25, 0.3) is 0 Å². The number of carbonyl (C=O) groups excluding carboxylic acids is 1. The summed E-state index contributed by atoms with van der Waals surface area (Å²) in [5.74, 6) is -0.177. The van der Waals surface area contributed by atoms with Gasteiger partial charge in [-0.1, -0.05) is 17.7 Å². The second kappa shape index (κ2) is 6.76. The fourth-order valence-electron chi connectivity index (χ4n) is 2.37. The van der Waals surface area contributed by atoms with E-state index in [1.165, 1.54) is 0 Å². The molecule has 1 atom stereocenters. The molecule has 6 nitrogen and oxygen atoms in total. The van der Waals surface area contributed by atoms with E-state index >= 15 is 0 Å². The summed E-state index contributed by atoms with van der Waals surface area (Å²) in [6, 6.07) is 5.80. The summed E-state index contributed by atoms with van der Waals surface area (Å²) in [6.45, 7) is 6.36. The number of likely N-dealkylation sites (N-methyl/N-ethyl adjacent to an activating group) is 1. The Morgan fingerprint density at radius 1 is 1.14 bits per heavy atom. The lowest BCUT2D eigenvalue weighted by molar-refractivity contribution is -0.134. The van der Waals surface area contributed by atoms with Crippen molar-refractivity contribution in [3.05, 3.63) is 29.8 Å². The first-order valence-electron chi connectivity index (χ1n) is 7.36. The van der Waals surface area contributed by atoms with E-state index in [0.29, 0.717) is 13.1 Å². The van der Waals surface area contributed by atoms with E-state index in [0.717, 1.165) is 18.7 Å². The van der Waals surface area contributed by atoms with E-state index in [9.17, 15) is 13.2 Å². The number of nitrogens with zero attached hydrogens (tertiary/aromatic N) is 2. The number of amides is 1. The lowest BCUT2D eigenvalue weighted by Gasteiger charge is -2.34. The van der Waals surface area contributed by atoms with Crippen LogP contribution in [0.2, 0.25) is 0 Å². The van der Waals surface area contributed by atoms with Crippen LogP contribution < -0.4 is 4.72 Å². The molecule has 0 aromatic heterocycles. The van der Waals surface area contributed by atoms with Crippen LogP contribution in [0.3, 0.4) is 0 Å². The molecule has 1 aromatic carbocycles. The number of sulfonamides is 1. The molecule has 1 fully saturated rings. The molecule has 1 aliphatic heterocycles. The van der Waals surface area contributed by atoms with Crippen LogP contribution in [0, 0.1) is 6.92 Å². The van der Waals surface area contributed by atoms with E-state index in [1.807, 2.05) is 14.0 Å². The molecule has 0 spiro atoms. The standard InChI is InChI=1S/C15H23N3O3S/c1-12-4-6-14(7-5-12)22(20,21)16-13(2)15(19)18-10-8-17(3)9-11-18/h4-7,13,16H,8-11H2,1-3H3/t13-/m0/s1. The van der Waals surface area contributed by atoms with E-state index in [2.05, 4.69) is 9.62 Å². The Bertz CT molecular complexity index is 620. The van der Waals surface area contributed by atoms with E-state index < -0.39 is 16.1 Å². The average Bonchev–Trinajstić information content (AvgIpc) is 2.47. The summed E-state index contributed by atoms with van der Waals surface area (Å²) in [5, 5.41) is 0. The maximum atomic E-state index is 12.3. The molecule has 0 saturated carbocycles. The van der Waals surface area contributed by atoms with Gasteiger partial charge in [-0.15, -0.1) is 0 Å². The fraction of sp³-hybridized carbons (Fsp3) is 0.533. The summed E-state index contributed by atoms with van der Waals surface area (Å²) in [6.07, 6.45) is 0. The minimum atomic E-state index is -3.68. The zero-order valence-electron chi connectivity index (χ0n) is 13.2. The SMILES string of the molecule is Cc1ccc(S(=O)(=O)N[C@@H](C)C(=O)N2CCN(C)CC2)cc1. The molecule has 1 aromatic rings. The van der Waals surface area contributed by atoms with Crippen LogP contribution in [0.5, 0.6) is 0 Å². The highest BCUT2D eigenvalue weighted by Crippen LogP contribution is 2.11. The first kappa shape index (κ1) is 16.9. The van der Waals surface area contributed by atoms with Gasteiger partial charge in [0, 0.05) is 26.2 Å². The van der Waals surface area contributed by atoms with Crippen LogP contribution >= 0.6 is 0 Å². The van der Waals surface area contributed by atoms with Gasteiger partial charge in [-0.3, -0.25) is 4.79 Å². The Hall–Kier alpha value is -1.44. The third-order valence-corrected chi connectivity index (χ3v) is 5.41. The molecule has 22 heavy (non-hydrogen) atoms. The molecule has 0 unspecified atom stereocenters. The number of aryl methyl sites for hydroxylation is 1. The Morgan fingerprint density at radius 2 is 1.68 bits per heavy atom. The van der Waals surface area contributed by atoms with Gasteiger partial charge >= 0.3 is 0 Å². The van der Waals surface area contributed by atoms with Crippen molar-refractivity contribution in [3.8, 4) is 0 Å². The summed E-state index contributed by atoms with van der Waals surface area (Å²) < 4.78 is 27.1. The van der Waals surface area contributed by atoms with Crippen LogP contribution in [0.1, 0.15) is 12.5 Å². The number of piperazine rings is 1. The van der Waals surface area contributed by atoms with Crippen LogP contribution in [-0.2, 0) is 14.8 Å². The van der Waals surface area contributed by atoms with Gasteiger partial charge in [0.15, 0.2) is 0 Å². The van der Waals surface area contributed by atoms with E-state index in [1.54, 1.807) is 36.1 Å². The molecule has 2 rings (SSSR count). The highest BCUT2D eigenvalue weighted by molar-refractivity contribution is 7.89. The quantitative estimate of drug-likeness (QED) is 0.872. The molecule has 7 heteroatoms. The predicted molar refractivity (Wildman–Crippen MR) is 85.0 cm³/mol. The van der Waals surface area contributed by atoms with E-state index in [-0.39, 0.29) is 10.8 Å². The van der Waals surface area contributed by atoms with Crippen molar-refractivity contribution in [3.63, 3.8) is 0 Å². The largest absolute Gasteiger partial charge is 0.339 e. The van der Waals surface area contributed by atoms with Crippen LogP contribution in [0.4, 0.5) is 0 Å². The zero-order valence-corrected chi connectivity index (χ0v) is 14.1. The normalized spacial score (nSPS) is 18.2. The lowest BCUT2D eigenvalue weighted by atomic mass is 10.2. The number of benzene rings is 1. The topological polar surface area (TPSA) is 69.7 Å². The highest BCUT2D eigenvalue weighted by Gasteiger charge is 2.27. The lowest BCUT2D eigenvalue weighted by Crippen LogP contribution is -2.53. The fourth-order valence-corrected chi connectivity index (χ4v) is 3.57. The average molecular weight is 325 g/mol. The van der Waals surface area contributed by atoms with E-state index in [4.69, 9.17) is 0 Å². The highest BCUT2D eigenvalue weighted by atomic mass is 32.2. The number of hydrogen-bond acceptors (Lipinski definition) is 4. The molecule has 1 N–H and O–H groups in total. The Balaban J connectivity index is 2.02. The number of hydrogen-bond donors (Lipinski definition) is 1. The second-order valence-corrected chi connectivity index (χ2v) is 7.50. The first-order chi connectivity index (χ1) is 10.3. The minimum Gasteiger partial charge on any atom is -0.339 e. The van der Waals surface area contributed by atoms with Gasteiger partial charge in [-0.25, -0.2) is 8.42 Å². The maximum Gasteiger partial charge on any atom is 0.241 e. The van der Waals surface area contributed by atoms with Crippen molar-refractivity contribution in [2.24, 2.45) is 0 Å². The summed E-state index contributed by atoms with van der Waals surface area (Å²) >= 11 is 0. The monoisotopic (exact) mass is 325 g/mol. The zero-order chi connectivity index (χ0) is 16.3. The molecule has 1 saturated heterocycles. The third-order valence-electron chi connectivity index (χ3n) is 3.85. The molecular formula is C15H23N3O3S. The smallest absolute Gasteiger partial charge is 0.241 e. The summed E-state index contributed by atoms with van der Waals surface area (Å²) in [5.41, 5.74) is 0.987. The molecule has 0 aliphatic carbocycles. The Kier molecular flexibility index (Phi) is 5.20.